The number of pyridine rings is 1. The second kappa shape index (κ2) is 18.7. The minimum absolute atomic E-state index is 0. The zero-order chi connectivity index (χ0) is 46.4. The molecule has 327 valence electrons. The smallest absolute Gasteiger partial charge is 0.120 e. The van der Waals surface area contributed by atoms with Crippen molar-refractivity contribution >= 4 is 46.2 Å². The van der Waals surface area contributed by atoms with Gasteiger partial charge in [0, 0.05) is 45.7 Å². The van der Waals surface area contributed by atoms with Crippen LogP contribution in [0.1, 0.15) is 48.5 Å². The van der Waals surface area contributed by atoms with Crippen molar-refractivity contribution in [1.82, 2.24) is 14.5 Å². The summed E-state index contributed by atoms with van der Waals surface area (Å²) >= 11 is 0. The molecule has 0 aliphatic carbocycles. The molecule has 65 heavy (non-hydrogen) atoms. The van der Waals surface area contributed by atoms with E-state index in [1.807, 2.05) is 62.5 Å². The summed E-state index contributed by atoms with van der Waals surface area (Å²) < 4.78 is 26.1. The molecule has 0 saturated carbocycles. The fourth-order valence-electron chi connectivity index (χ4n) is 8.40. The van der Waals surface area contributed by atoms with Crippen LogP contribution in [0.4, 0.5) is 0 Å². The maximum absolute atomic E-state index is 8.69. The summed E-state index contributed by atoms with van der Waals surface area (Å²) in [5.41, 5.74) is 13.9. The van der Waals surface area contributed by atoms with Crippen molar-refractivity contribution < 1.29 is 27.3 Å². The van der Waals surface area contributed by atoms with Gasteiger partial charge in [0.25, 0.3) is 0 Å². The Kier molecular flexibility index (Phi) is 12.3. The van der Waals surface area contributed by atoms with Gasteiger partial charge in [-0.1, -0.05) is 174 Å². The average molecular weight is 1040 g/mol. The molecule has 0 spiro atoms. The van der Waals surface area contributed by atoms with E-state index in [-0.39, 0.29) is 31.4 Å². The number of imidazole rings is 1. The summed E-state index contributed by atoms with van der Waals surface area (Å²) in [6, 6.07) is 63.2. The van der Waals surface area contributed by atoms with Crippen molar-refractivity contribution in [3.63, 3.8) is 0 Å². The zero-order valence-corrected chi connectivity index (χ0v) is 41.7. The van der Waals surface area contributed by atoms with Gasteiger partial charge >= 0.3 is 0 Å². The number of furan rings is 1. The molecule has 6 heteroatoms. The quantitative estimate of drug-likeness (QED) is 0.113. The summed E-state index contributed by atoms with van der Waals surface area (Å²) in [4.78, 5) is 9.88. The zero-order valence-electron chi connectivity index (χ0n) is 40.3. The Morgan fingerprint density at radius 2 is 1.38 bits per heavy atom. The first-order valence-corrected chi connectivity index (χ1v) is 25.7. The van der Waals surface area contributed by atoms with E-state index in [4.69, 9.17) is 17.1 Å². The van der Waals surface area contributed by atoms with Crippen molar-refractivity contribution in [2.45, 2.75) is 66.0 Å². The monoisotopic (exact) mass is 1040 g/mol. The van der Waals surface area contributed by atoms with Crippen LogP contribution in [0, 0.1) is 18.1 Å². The minimum Gasteiger partial charge on any atom is -0.501 e. The molecule has 0 unspecified atom stereocenters. The molecule has 0 fully saturated rings. The Hall–Kier alpha value is -6.17. The number of para-hydroxylation sites is 3. The normalized spacial score (nSPS) is 12.4. The van der Waals surface area contributed by atoms with Crippen LogP contribution < -0.4 is 5.19 Å². The second-order valence-corrected chi connectivity index (χ2v) is 23.9. The van der Waals surface area contributed by atoms with Crippen molar-refractivity contribution in [2.24, 2.45) is 5.92 Å². The molecule has 0 bridgehead atoms. The van der Waals surface area contributed by atoms with Crippen LogP contribution in [-0.2, 0) is 31.9 Å². The molecule has 4 nitrogen and oxygen atoms in total. The predicted octanol–water partition coefficient (Wildman–Crippen LogP) is 15.3. The van der Waals surface area contributed by atoms with Gasteiger partial charge in [0.05, 0.1) is 30.5 Å². The van der Waals surface area contributed by atoms with E-state index in [2.05, 4.69) is 178 Å². The number of nitrogens with zero attached hydrogens (tertiary/aromatic N) is 3. The van der Waals surface area contributed by atoms with Gasteiger partial charge in [0.2, 0.25) is 0 Å². The van der Waals surface area contributed by atoms with Gasteiger partial charge < -0.3 is 14.0 Å². The molecule has 0 aliphatic heterocycles. The largest absolute Gasteiger partial charge is 0.501 e. The molecule has 7 aromatic carbocycles. The van der Waals surface area contributed by atoms with Crippen LogP contribution in [0.5, 0.6) is 0 Å². The van der Waals surface area contributed by atoms with Gasteiger partial charge in [-0.25, -0.2) is 0 Å². The molecular formula is C59H55IrN3OSi-2. The maximum Gasteiger partial charge on any atom is 0.120 e. The van der Waals surface area contributed by atoms with Crippen LogP contribution in [0.2, 0.25) is 19.6 Å². The molecule has 3 heterocycles. The predicted molar refractivity (Wildman–Crippen MR) is 272 cm³/mol. The molecular weight excluding hydrogens is 987 g/mol. The summed E-state index contributed by atoms with van der Waals surface area (Å²) in [6.07, 6.45) is 0.531. The third-order valence-electron chi connectivity index (χ3n) is 11.7. The van der Waals surface area contributed by atoms with Crippen LogP contribution >= 0.6 is 0 Å². The van der Waals surface area contributed by atoms with E-state index in [1.54, 1.807) is 0 Å². The van der Waals surface area contributed by atoms with Crippen molar-refractivity contribution in [2.75, 3.05) is 0 Å². The maximum atomic E-state index is 8.69. The fraction of sp³-hybridized carbons (Fsp3) is 0.186. The van der Waals surface area contributed by atoms with Gasteiger partial charge in [0.15, 0.2) is 0 Å². The van der Waals surface area contributed by atoms with E-state index in [9.17, 15) is 0 Å². The van der Waals surface area contributed by atoms with Crippen molar-refractivity contribution in [3.05, 3.63) is 193 Å². The third kappa shape index (κ3) is 9.49. The van der Waals surface area contributed by atoms with Gasteiger partial charge in [-0.05, 0) is 75.6 Å². The number of benzene rings is 7. The van der Waals surface area contributed by atoms with Crippen LogP contribution in [0.3, 0.4) is 0 Å². The van der Waals surface area contributed by atoms with E-state index >= 15 is 0 Å². The van der Waals surface area contributed by atoms with E-state index in [0.717, 1.165) is 83.2 Å². The molecule has 10 aromatic rings. The summed E-state index contributed by atoms with van der Waals surface area (Å²) in [5, 5.41) is 3.25. The Labute approximate surface area is 401 Å². The fourth-order valence-corrected chi connectivity index (χ4v) is 9.80. The van der Waals surface area contributed by atoms with Gasteiger partial charge in [-0.2, -0.15) is 0 Å². The summed E-state index contributed by atoms with van der Waals surface area (Å²) in [6.45, 7) is 17.2. The first-order chi connectivity index (χ1) is 31.6. The van der Waals surface area contributed by atoms with Gasteiger partial charge in [-0.3, -0.25) is 4.98 Å². The minimum atomic E-state index is -1.71. The molecule has 1 radical (unpaired) electrons. The molecule has 10 rings (SSSR count). The standard InChI is InChI=1S/C37H23N2O.C22H32NSi.Ir/c1-3-12-25(13-4-1)27-22-23-33(31(24-27)26-14-5-2-6-15-26)39-34-20-9-8-19-32(34)38-37(39)30-18-11-17-29-28-16-7-10-21-35(28)40-36(29)30;1-16(2)12-18-14-20(23-15-21(18)24(6,7)8)17-10-9-11-19(13-17)22(3,4)5;/h1-17,19-24H;9,11,13-16H,12H2,1-8H3;/q2*-1;/i;12D2;. The van der Waals surface area contributed by atoms with E-state index in [1.165, 1.54) is 16.7 Å². The molecule has 0 amide bonds. The summed E-state index contributed by atoms with van der Waals surface area (Å²) in [5.74, 6) is 0.702. The number of rotatable bonds is 8. The molecule has 3 aromatic heterocycles. The second-order valence-electron chi connectivity index (χ2n) is 18.8. The third-order valence-corrected chi connectivity index (χ3v) is 13.7. The van der Waals surface area contributed by atoms with E-state index in [0.29, 0.717) is 0 Å². The number of fused-ring (bicyclic) bond motifs is 4. The number of hydrogen-bond donors (Lipinski definition) is 0. The van der Waals surface area contributed by atoms with Crippen LogP contribution in [0.15, 0.2) is 174 Å². The summed E-state index contributed by atoms with van der Waals surface area (Å²) in [7, 11) is -1.71. The molecule has 0 saturated heterocycles. The first kappa shape index (κ1) is 42.8. The topological polar surface area (TPSA) is 43.9 Å². The van der Waals surface area contributed by atoms with Gasteiger partial charge in [-0.15, -0.1) is 53.6 Å². The van der Waals surface area contributed by atoms with Crippen molar-refractivity contribution in [1.29, 1.82) is 0 Å². The Bertz CT molecular complexity index is 3350. The Morgan fingerprint density at radius 3 is 2.11 bits per heavy atom. The molecule has 0 aliphatic rings. The first-order valence-electron chi connectivity index (χ1n) is 23.2. The average Bonchev–Trinajstić information content (AvgIpc) is 3.90. The van der Waals surface area contributed by atoms with E-state index < -0.39 is 14.4 Å². The Balaban J connectivity index is 0.000000197. The molecule has 0 atom stereocenters. The van der Waals surface area contributed by atoms with Crippen molar-refractivity contribution in [3.8, 4) is 50.6 Å². The molecule has 0 N–H and O–H groups in total. The van der Waals surface area contributed by atoms with Crippen LogP contribution in [-0.4, -0.2) is 22.6 Å². The number of hydrogen-bond acceptors (Lipinski definition) is 3. The Morgan fingerprint density at radius 1 is 0.708 bits per heavy atom. The van der Waals surface area contributed by atoms with Crippen LogP contribution in [0.25, 0.3) is 83.6 Å². The SMILES string of the molecule is [2H]C([2H])(c1cc(-c2[c-]ccc(C(C)(C)C)c2)ncc1[Si](C)(C)C)C(C)C.[Ir].[c-]1ccc2c(oc3ccccc32)c1-c1nc2ccccc2n1-c1ccc(-c2ccccc2)cc1-c1ccccc1. The van der Waals surface area contributed by atoms with Gasteiger partial charge in [0.1, 0.15) is 5.58 Å². The number of aromatic nitrogens is 3.